The minimum atomic E-state index is 0.0918. The Hall–Kier alpha value is -2.30. The lowest BCUT2D eigenvalue weighted by atomic mass is 10.1. The van der Waals surface area contributed by atoms with E-state index >= 15 is 0 Å². The van der Waals surface area contributed by atoms with Crippen LogP contribution in [0.4, 0.5) is 0 Å². The van der Waals surface area contributed by atoms with E-state index in [4.69, 9.17) is 4.74 Å². The van der Waals surface area contributed by atoms with Gasteiger partial charge in [0.15, 0.2) is 0 Å². The van der Waals surface area contributed by atoms with E-state index in [1.54, 1.807) is 4.68 Å². The zero-order valence-electron chi connectivity index (χ0n) is 14.0. The van der Waals surface area contributed by atoms with Crippen LogP contribution in [0, 0.1) is 5.92 Å². The second-order valence-corrected chi connectivity index (χ2v) is 6.82. The van der Waals surface area contributed by atoms with Crippen molar-refractivity contribution in [2.24, 2.45) is 13.0 Å². The van der Waals surface area contributed by atoms with Crippen molar-refractivity contribution < 1.29 is 9.53 Å². The highest BCUT2D eigenvalue weighted by molar-refractivity contribution is 5.82. The number of fused-ring (bicyclic) bond motifs is 1. The maximum atomic E-state index is 12.2. The van der Waals surface area contributed by atoms with Gasteiger partial charge in [0.05, 0.1) is 12.7 Å². The van der Waals surface area contributed by atoms with Crippen molar-refractivity contribution in [2.75, 3.05) is 13.2 Å². The molecule has 0 aliphatic heterocycles. The normalized spacial score (nSPS) is 21.4. The minimum absolute atomic E-state index is 0.0918. The predicted octanol–water partition coefficient (Wildman–Crippen LogP) is 2.21. The summed E-state index contributed by atoms with van der Waals surface area (Å²) >= 11 is 0. The summed E-state index contributed by atoms with van der Waals surface area (Å²) in [5.74, 6) is 1.46. The van der Waals surface area contributed by atoms with Crippen LogP contribution >= 0.6 is 0 Å². The summed E-state index contributed by atoms with van der Waals surface area (Å²) in [5.41, 5.74) is 4.02. The van der Waals surface area contributed by atoms with E-state index in [0.29, 0.717) is 19.1 Å². The van der Waals surface area contributed by atoms with Gasteiger partial charge in [0.25, 0.3) is 0 Å². The first kappa shape index (κ1) is 15.2. The Morgan fingerprint density at radius 3 is 3.08 bits per heavy atom. The molecule has 1 heterocycles. The van der Waals surface area contributed by atoms with Crippen molar-refractivity contribution in [1.29, 1.82) is 0 Å². The largest absolute Gasteiger partial charge is 0.492 e. The molecule has 1 N–H and O–H groups in total. The van der Waals surface area contributed by atoms with E-state index in [9.17, 15) is 4.79 Å². The second-order valence-electron chi connectivity index (χ2n) is 6.82. The van der Waals surface area contributed by atoms with Gasteiger partial charge in [-0.05, 0) is 60.4 Å². The molecule has 0 radical (unpaired) electrons. The van der Waals surface area contributed by atoms with Crippen LogP contribution in [0.25, 0.3) is 0 Å². The lowest BCUT2D eigenvalue weighted by Crippen LogP contribution is -2.29. The second kappa shape index (κ2) is 6.30. The molecule has 2 aromatic rings. The topological polar surface area (TPSA) is 56.2 Å². The van der Waals surface area contributed by atoms with E-state index < -0.39 is 0 Å². The fourth-order valence-corrected chi connectivity index (χ4v) is 3.60. The van der Waals surface area contributed by atoms with Crippen molar-refractivity contribution in [3.8, 4) is 5.75 Å². The molecule has 0 saturated heterocycles. The van der Waals surface area contributed by atoms with E-state index in [1.807, 2.05) is 25.5 Å². The number of carbonyl (C=O) groups is 1. The first-order valence-corrected chi connectivity index (χ1v) is 8.71. The minimum Gasteiger partial charge on any atom is -0.492 e. The molecule has 0 unspecified atom stereocenters. The number of aromatic nitrogens is 2. The summed E-state index contributed by atoms with van der Waals surface area (Å²) in [7, 11) is 1.90. The highest BCUT2D eigenvalue weighted by Gasteiger charge is 2.44. The van der Waals surface area contributed by atoms with Gasteiger partial charge in [-0.15, -0.1) is 0 Å². The zero-order chi connectivity index (χ0) is 16.5. The van der Waals surface area contributed by atoms with E-state index in [0.717, 1.165) is 24.2 Å². The van der Waals surface area contributed by atoms with Gasteiger partial charge >= 0.3 is 0 Å². The molecule has 1 aromatic heterocycles. The van der Waals surface area contributed by atoms with Crippen LogP contribution in [0.2, 0.25) is 0 Å². The maximum Gasteiger partial charge on any atom is 0.223 e. The van der Waals surface area contributed by atoms with Gasteiger partial charge in [0.1, 0.15) is 12.4 Å². The lowest BCUT2D eigenvalue weighted by Gasteiger charge is -2.09. The van der Waals surface area contributed by atoms with Gasteiger partial charge in [-0.3, -0.25) is 9.48 Å². The van der Waals surface area contributed by atoms with Gasteiger partial charge in [-0.2, -0.15) is 5.10 Å². The quantitative estimate of drug-likeness (QED) is 0.829. The molecule has 5 nitrogen and oxygen atoms in total. The summed E-state index contributed by atoms with van der Waals surface area (Å²) in [6.45, 7) is 1.06. The van der Waals surface area contributed by atoms with Crippen LogP contribution in [-0.2, 0) is 24.7 Å². The summed E-state index contributed by atoms with van der Waals surface area (Å²) in [4.78, 5) is 12.2. The number of aryl methyl sites for hydroxylation is 3. The number of nitrogens with zero attached hydrogens (tertiary/aromatic N) is 2. The average Bonchev–Trinajstić information content (AvgIpc) is 3.04. The first-order valence-electron chi connectivity index (χ1n) is 8.71. The van der Waals surface area contributed by atoms with Crippen LogP contribution in [0.1, 0.15) is 35.4 Å². The molecule has 1 aromatic carbocycles. The molecular weight excluding hydrogens is 302 g/mol. The molecule has 1 saturated carbocycles. The van der Waals surface area contributed by atoms with Crippen molar-refractivity contribution in [1.82, 2.24) is 15.1 Å². The number of benzene rings is 1. The van der Waals surface area contributed by atoms with Crippen molar-refractivity contribution in [3.63, 3.8) is 0 Å². The number of amides is 1. The number of hydrogen-bond donors (Lipinski definition) is 1. The molecule has 2 atom stereocenters. The smallest absolute Gasteiger partial charge is 0.223 e. The highest BCUT2D eigenvalue weighted by atomic mass is 16.5. The van der Waals surface area contributed by atoms with Crippen LogP contribution < -0.4 is 10.1 Å². The Balaban J connectivity index is 1.20. The monoisotopic (exact) mass is 325 g/mol. The number of hydrogen-bond acceptors (Lipinski definition) is 3. The fraction of sp³-hybridized carbons (Fsp3) is 0.474. The van der Waals surface area contributed by atoms with Crippen LogP contribution in [0.3, 0.4) is 0 Å². The summed E-state index contributed by atoms with van der Waals surface area (Å²) in [6, 6.07) is 6.34. The van der Waals surface area contributed by atoms with E-state index in [2.05, 4.69) is 22.5 Å². The molecule has 0 spiro atoms. The van der Waals surface area contributed by atoms with Gasteiger partial charge < -0.3 is 10.1 Å². The molecule has 1 amide bonds. The Morgan fingerprint density at radius 2 is 2.25 bits per heavy atom. The predicted molar refractivity (Wildman–Crippen MR) is 91.0 cm³/mol. The van der Waals surface area contributed by atoms with Gasteiger partial charge in [0, 0.05) is 19.2 Å². The summed E-state index contributed by atoms with van der Waals surface area (Å²) < 4.78 is 7.55. The van der Waals surface area contributed by atoms with Crippen molar-refractivity contribution in [3.05, 3.63) is 47.3 Å². The summed E-state index contributed by atoms with van der Waals surface area (Å²) in [5, 5.41) is 7.15. The Morgan fingerprint density at radius 1 is 1.38 bits per heavy atom. The van der Waals surface area contributed by atoms with Gasteiger partial charge in [-0.25, -0.2) is 0 Å². The number of nitrogens with one attached hydrogen (secondary N) is 1. The molecule has 2 aliphatic carbocycles. The highest BCUT2D eigenvalue weighted by Crippen LogP contribution is 2.47. The standard InChI is InChI=1S/C19H23N3O2/c1-22-12-15(11-21-22)17-10-18(17)19(23)20-7-8-24-16-6-5-13-3-2-4-14(13)9-16/h5-6,9,11-12,17-18H,2-4,7-8,10H2,1H3,(H,20,23)/t17-,18+/m0/s1. The lowest BCUT2D eigenvalue weighted by molar-refractivity contribution is -0.122. The fourth-order valence-electron chi connectivity index (χ4n) is 3.60. The molecule has 0 bridgehead atoms. The molecule has 2 aliphatic rings. The van der Waals surface area contributed by atoms with E-state index in [-0.39, 0.29) is 11.8 Å². The van der Waals surface area contributed by atoms with Gasteiger partial charge in [0.2, 0.25) is 5.91 Å². The van der Waals surface area contributed by atoms with Gasteiger partial charge in [-0.1, -0.05) is 6.07 Å². The molecule has 4 rings (SSSR count). The van der Waals surface area contributed by atoms with Crippen LogP contribution in [-0.4, -0.2) is 28.8 Å². The molecule has 5 heteroatoms. The Labute approximate surface area is 142 Å². The third-order valence-electron chi connectivity index (χ3n) is 5.02. The number of rotatable bonds is 6. The zero-order valence-corrected chi connectivity index (χ0v) is 14.0. The Kier molecular flexibility index (Phi) is 4.00. The number of ether oxygens (including phenoxy) is 1. The van der Waals surface area contributed by atoms with Crippen LogP contribution in [0.5, 0.6) is 5.75 Å². The van der Waals surface area contributed by atoms with Crippen LogP contribution in [0.15, 0.2) is 30.6 Å². The third-order valence-corrected chi connectivity index (χ3v) is 5.02. The average molecular weight is 325 g/mol. The molecule has 24 heavy (non-hydrogen) atoms. The van der Waals surface area contributed by atoms with Crippen molar-refractivity contribution >= 4 is 5.91 Å². The molecule has 126 valence electrons. The molecular formula is C19H23N3O2. The summed E-state index contributed by atoms with van der Waals surface area (Å²) in [6.07, 6.45) is 8.35. The SMILES string of the molecule is Cn1cc([C@@H]2C[C@H]2C(=O)NCCOc2ccc3c(c2)CCC3)cn1. The van der Waals surface area contributed by atoms with E-state index in [1.165, 1.54) is 24.0 Å². The number of carbonyl (C=O) groups excluding carboxylic acids is 1. The maximum absolute atomic E-state index is 12.2. The third kappa shape index (κ3) is 3.16. The first-order chi connectivity index (χ1) is 11.7. The molecule has 1 fully saturated rings. The Bertz CT molecular complexity index is 753. The van der Waals surface area contributed by atoms with Crippen molar-refractivity contribution in [2.45, 2.75) is 31.6 Å².